The summed E-state index contributed by atoms with van der Waals surface area (Å²) in [6.45, 7) is 0.584. The maximum atomic E-state index is 11.4. The SMILES string of the molecule is O=c1[nH]c2ccc(NCc3cccc(Oc4nnnn4-c4ccccc4)c3)cc2[nH]1. The highest BCUT2D eigenvalue weighted by atomic mass is 16.5. The van der Waals surface area contributed by atoms with Crippen LogP contribution >= 0.6 is 0 Å². The molecule has 0 aliphatic carbocycles. The molecule has 0 unspecified atom stereocenters. The lowest BCUT2D eigenvalue weighted by Gasteiger charge is -2.09. The molecule has 0 saturated heterocycles. The number of ether oxygens (including phenoxy) is 1. The third-order valence-corrected chi connectivity index (χ3v) is 4.56. The van der Waals surface area contributed by atoms with Crippen LogP contribution in [-0.4, -0.2) is 30.2 Å². The Labute approximate surface area is 170 Å². The van der Waals surface area contributed by atoms with Gasteiger partial charge < -0.3 is 20.0 Å². The van der Waals surface area contributed by atoms with Crippen LogP contribution in [0.5, 0.6) is 11.8 Å². The minimum Gasteiger partial charge on any atom is -0.423 e. The van der Waals surface area contributed by atoms with Gasteiger partial charge in [0, 0.05) is 12.2 Å². The molecule has 5 rings (SSSR count). The van der Waals surface area contributed by atoms with Gasteiger partial charge in [-0.2, -0.15) is 4.68 Å². The van der Waals surface area contributed by atoms with Crippen LogP contribution in [-0.2, 0) is 6.54 Å². The number of para-hydroxylation sites is 1. The number of anilines is 1. The van der Waals surface area contributed by atoms with Gasteiger partial charge >= 0.3 is 11.7 Å². The van der Waals surface area contributed by atoms with Gasteiger partial charge in [0.2, 0.25) is 0 Å². The first-order chi connectivity index (χ1) is 14.7. The summed E-state index contributed by atoms with van der Waals surface area (Å²) in [5, 5.41) is 15.0. The Kier molecular flexibility index (Phi) is 4.45. The predicted molar refractivity (Wildman–Crippen MR) is 112 cm³/mol. The van der Waals surface area contributed by atoms with Crippen LogP contribution in [0.3, 0.4) is 0 Å². The number of rotatable bonds is 6. The van der Waals surface area contributed by atoms with Gasteiger partial charge in [-0.15, -0.1) is 0 Å². The number of aromatic nitrogens is 6. The van der Waals surface area contributed by atoms with Crippen LogP contribution in [0.1, 0.15) is 5.56 Å². The van der Waals surface area contributed by atoms with E-state index >= 15 is 0 Å². The number of nitrogens with zero attached hydrogens (tertiary/aromatic N) is 4. The molecule has 3 aromatic carbocycles. The van der Waals surface area contributed by atoms with E-state index in [0.717, 1.165) is 28.0 Å². The molecule has 0 aliphatic heterocycles. The summed E-state index contributed by atoms with van der Waals surface area (Å²) in [6.07, 6.45) is 0. The Hall–Kier alpha value is -4.40. The van der Waals surface area contributed by atoms with E-state index in [0.29, 0.717) is 12.3 Å². The second kappa shape index (κ2) is 7.55. The number of nitrogens with one attached hydrogen (secondary N) is 3. The molecule has 3 N–H and O–H groups in total. The number of hydrogen-bond acceptors (Lipinski definition) is 6. The number of benzene rings is 3. The first kappa shape index (κ1) is 17.7. The zero-order valence-corrected chi connectivity index (χ0v) is 15.7. The normalized spacial score (nSPS) is 10.9. The van der Waals surface area contributed by atoms with Crippen molar-refractivity contribution < 1.29 is 4.74 Å². The quantitative estimate of drug-likeness (QED) is 0.404. The standard InChI is InChI=1S/C21H17N7O2/c29-20-23-18-10-9-15(12-19(18)24-20)22-13-14-5-4-8-17(11-14)30-21-25-26-27-28(21)16-6-2-1-3-7-16/h1-12,22H,13H2,(H2,23,24,29). The Morgan fingerprint density at radius 1 is 0.933 bits per heavy atom. The summed E-state index contributed by atoms with van der Waals surface area (Å²) in [6, 6.07) is 23.2. The highest BCUT2D eigenvalue weighted by molar-refractivity contribution is 5.78. The van der Waals surface area contributed by atoms with Crippen molar-refractivity contribution in [1.82, 2.24) is 30.2 Å². The fourth-order valence-electron chi connectivity index (χ4n) is 3.14. The summed E-state index contributed by atoms with van der Waals surface area (Å²) >= 11 is 0. The van der Waals surface area contributed by atoms with Crippen molar-refractivity contribution in [3.05, 3.63) is 88.8 Å². The Balaban J connectivity index is 1.31. The zero-order chi connectivity index (χ0) is 20.3. The van der Waals surface area contributed by atoms with Crippen molar-refractivity contribution in [1.29, 1.82) is 0 Å². The van der Waals surface area contributed by atoms with Crippen molar-refractivity contribution >= 4 is 16.7 Å². The van der Waals surface area contributed by atoms with E-state index in [-0.39, 0.29) is 11.7 Å². The van der Waals surface area contributed by atoms with Gasteiger partial charge in [-0.25, -0.2) is 4.79 Å². The molecule has 2 aromatic heterocycles. The predicted octanol–water partition coefficient (Wildman–Crippen LogP) is 3.24. The molecule has 30 heavy (non-hydrogen) atoms. The minimum absolute atomic E-state index is 0.218. The van der Waals surface area contributed by atoms with Gasteiger partial charge in [-0.3, -0.25) is 0 Å². The number of tetrazole rings is 1. The van der Waals surface area contributed by atoms with Crippen molar-refractivity contribution in [3.8, 4) is 17.4 Å². The van der Waals surface area contributed by atoms with E-state index in [2.05, 4.69) is 30.8 Å². The number of aromatic amines is 2. The van der Waals surface area contributed by atoms with Gasteiger partial charge in [0.1, 0.15) is 5.75 Å². The van der Waals surface area contributed by atoms with E-state index in [4.69, 9.17) is 4.74 Å². The first-order valence-electron chi connectivity index (χ1n) is 9.31. The number of hydrogen-bond donors (Lipinski definition) is 3. The van der Waals surface area contributed by atoms with Crippen molar-refractivity contribution in [3.63, 3.8) is 0 Å². The van der Waals surface area contributed by atoms with Crippen LogP contribution in [0.15, 0.2) is 77.6 Å². The molecule has 0 saturated carbocycles. The van der Waals surface area contributed by atoms with Gasteiger partial charge in [0.25, 0.3) is 0 Å². The molecule has 0 fully saturated rings. The average molecular weight is 399 g/mol. The third-order valence-electron chi connectivity index (χ3n) is 4.56. The molecule has 0 radical (unpaired) electrons. The van der Waals surface area contributed by atoms with Crippen LogP contribution in [0.2, 0.25) is 0 Å². The van der Waals surface area contributed by atoms with Crippen LogP contribution in [0, 0.1) is 0 Å². The first-order valence-corrected chi connectivity index (χ1v) is 9.31. The largest absolute Gasteiger partial charge is 0.423 e. The maximum absolute atomic E-state index is 11.4. The lowest BCUT2D eigenvalue weighted by atomic mass is 10.2. The molecule has 9 heteroatoms. The molecule has 148 valence electrons. The molecule has 0 aliphatic rings. The van der Waals surface area contributed by atoms with Gasteiger partial charge in [-0.1, -0.05) is 35.4 Å². The summed E-state index contributed by atoms with van der Waals surface area (Å²) < 4.78 is 7.45. The van der Waals surface area contributed by atoms with Crippen LogP contribution in [0.4, 0.5) is 5.69 Å². The molecule has 0 spiro atoms. The highest BCUT2D eigenvalue weighted by Gasteiger charge is 2.10. The van der Waals surface area contributed by atoms with Crippen molar-refractivity contribution in [2.45, 2.75) is 6.54 Å². The van der Waals surface area contributed by atoms with E-state index in [9.17, 15) is 4.79 Å². The third kappa shape index (κ3) is 3.63. The van der Waals surface area contributed by atoms with Gasteiger partial charge in [0.05, 0.1) is 16.7 Å². The molecular formula is C21H17N7O2. The van der Waals surface area contributed by atoms with Gasteiger partial charge in [-0.05, 0) is 58.5 Å². The van der Waals surface area contributed by atoms with Crippen LogP contribution in [0.25, 0.3) is 16.7 Å². The fourth-order valence-corrected chi connectivity index (χ4v) is 3.14. The summed E-state index contributed by atoms with van der Waals surface area (Å²) in [5.41, 5.74) is 4.05. The van der Waals surface area contributed by atoms with Crippen molar-refractivity contribution in [2.75, 3.05) is 5.32 Å². The highest BCUT2D eigenvalue weighted by Crippen LogP contribution is 2.23. The number of imidazole rings is 1. The molecule has 2 heterocycles. The zero-order valence-electron chi connectivity index (χ0n) is 15.7. The van der Waals surface area contributed by atoms with E-state index in [1.165, 1.54) is 4.68 Å². The monoisotopic (exact) mass is 399 g/mol. The maximum Gasteiger partial charge on any atom is 0.345 e. The Morgan fingerprint density at radius 3 is 2.70 bits per heavy atom. The molecular weight excluding hydrogens is 382 g/mol. The van der Waals surface area contributed by atoms with Gasteiger partial charge in [0.15, 0.2) is 0 Å². The fraction of sp³-hybridized carbons (Fsp3) is 0.0476. The molecule has 9 nitrogen and oxygen atoms in total. The molecule has 0 bridgehead atoms. The summed E-state index contributed by atoms with van der Waals surface area (Å²) in [4.78, 5) is 16.9. The Bertz CT molecular complexity index is 1350. The Morgan fingerprint density at radius 2 is 1.80 bits per heavy atom. The summed E-state index contributed by atoms with van der Waals surface area (Å²) in [7, 11) is 0. The van der Waals surface area contributed by atoms with E-state index in [1.54, 1.807) is 0 Å². The summed E-state index contributed by atoms with van der Waals surface area (Å²) in [5.74, 6) is 0.631. The number of H-pyrrole nitrogens is 2. The van der Waals surface area contributed by atoms with E-state index < -0.39 is 0 Å². The average Bonchev–Trinajstić information content (AvgIpc) is 3.38. The molecule has 0 amide bonds. The second-order valence-corrected chi connectivity index (χ2v) is 6.65. The molecule has 5 aromatic rings. The second-order valence-electron chi connectivity index (χ2n) is 6.65. The lowest BCUT2D eigenvalue weighted by molar-refractivity contribution is 0.427. The van der Waals surface area contributed by atoms with E-state index in [1.807, 2.05) is 72.8 Å². The molecule has 0 atom stereocenters. The lowest BCUT2D eigenvalue weighted by Crippen LogP contribution is -2.01. The topological polar surface area (TPSA) is 114 Å². The minimum atomic E-state index is -0.218. The van der Waals surface area contributed by atoms with Crippen LogP contribution < -0.4 is 15.7 Å². The van der Waals surface area contributed by atoms with Crippen molar-refractivity contribution in [2.24, 2.45) is 0 Å². The number of fused-ring (bicyclic) bond motifs is 1. The smallest absolute Gasteiger partial charge is 0.345 e.